The number of aliphatic hydroxyl groups excluding tert-OH is 1. The zero-order valence-corrected chi connectivity index (χ0v) is 15.7. The monoisotopic (exact) mass is 363 g/mol. The Balaban J connectivity index is 1.23. The Morgan fingerprint density at radius 1 is 1.00 bits per heavy atom. The number of aliphatic hydroxyl groups is 1. The van der Waals surface area contributed by atoms with E-state index in [0.717, 1.165) is 30.6 Å². The van der Waals surface area contributed by atoms with Gasteiger partial charge in [-0.15, -0.1) is 0 Å². The van der Waals surface area contributed by atoms with E-state index in [9.17, 15) is 9.59 Å². The minimum Gasteiger partial charge on any atom is -0.396 e. The normalized spacial score (nSPS) is 36.2. The summed E-state index contributed by atoms with van der Waals surface area (Å²) in [4.78, 5) is 26.5. The minimum absolute atomic E-state index is 0.00277. The average molecular weight is 364 g/mol. The summed E-state index contributed by atoms with van der Waals surface area (Å²) in [5.74, 6) is 2.61. The fourth-order valence-electron chi connectivity index (χ4n) is 6.39. The molecule has 26 heavy (non-hydrogen) atoms. The van der Waals surface area contributed by atoms with E-state index in [1.807, 2.05) is 4.90 Å². The second kappa shape index (κ2) is 7.37. The van der Waals surface area contributed by atoms with Gasteiger partial charge in [0.15, 0.2) is 0 Å². The van der Waals surface area contributed by atoms with Gasteiger partial charge in [-0.05, 0) is 75.5 Å². The van der Waals surface area contributed by atoms with Crippen LogP contribution in [-0.2, 0) is 4.79 Å². The van der Waals surface area contributed by atoms with E-state index < -0.39 is 0 Å². The van der Waals surface area contributed by atoms with Gasteiger partial charge in [0.1, 0.15) is 0 Å². The number of carbonyl (C=O) groups is 2. The van der Waals surface area contributed by atoms with Gasteiger partial charge in [-0.25, -0.2) is 4.79 Å². The number of likely N-dealkylation sites (tertiary alicyclic amines) is 1. The first-order chi connectivity index (χ1) is 12.5. The summed E-state index contributed by atoms with van der Waals surface area (Å²) in [6, 6.07) is 0.155. The van der Waals surface area contributed by atoms with E-state index in [-0.39, 0.29) is 30.1 Å². The molecule has 6 heteroatoms. The van der Waals surface area contributed by atoms with Gasteiger partial charge in [-0.3, -0.25) is 4.79 Å². The third kappa shape index (κ3) is 3.85. The summed E-state index contributed by atoms with van der Waals surface area (Å²) in [6.07, 6.45) is 10.2. The minimum atomic E-state index is -0.00277. The molecular weight excluding hydrogens is 330 g/mol. The Kier molecular flexibility index (Phi) is 5.13. The highest BCUT2D eigenvalue weighted by Gasteiger charge is 2.51. The maximum Gasteiger partial charge on any atom is 0.315 e. The van der Waals surface area contributed by atoms with Gasteiger partial charge in [-0.1, -0.05) is 0 Å². The summed E-state index contributed by atoms with van der Waals surface area (Å²) in [7, 11) is 0. The van der Waals surface area contributed by atoms with E-state index in [0.29, 0.717) is 25.9 Å². The lowest BCUT2D eigenvalue weighted by Crippen LogP contribution is -2.62. The van der Waals surface area contributed by atoms with Crippen LogP contribution in [0.4, 0.5) is 4.79 Å². The largest absolute Gasteiger partial charge is 0.396 e. The number of amides is 3. The molecule has 3 amide bonds. The molecule has 0 aromatic carbocycles. The molecule has 0 radical (unpaired) electrons. The van der Waals surface area contributed by atoms with Crippen molar-refractivity contribution in [1.82, 2.24) is 15.5 Å². The molecule has 6 nitrogen and oxygen atoms in total. The van der Waals surface area contributed by atoms with Crippen LogP contribution in [0, 0.1) is 17.8 Å². The van der Waals surface area contributed by atoms with E-state index in [2.05, 4.69) is 10.6 Å². The van der Waals surface area contributed by atoms with Gasteiger partial charge < -0.3 is 20.6 Å². The number of nitrogens with one attached hydrogen (secondary N) is 2. The van der Waals surface area contributed by atoms with Crippen molar-refractivity contribution in [1.29, 1.82) is 0 Å². The van der Waals surface area contributed by atoms with Gasteiger partial charge in [0.2, 0.25) is 5.91 Å². The predicted octanol–water partition coefficient (Wildman–Crippen LogP) is 2.02. The molecule has 1 aliphatic heterocycles. The van der Waals surface area contributed by atoms with E-state index >= 15 is 0 Å². The molecule has 0 aromatic heterocycles. The number of rotatable bonds is 5. The number of piperidine rings is 1. The molecule has 4 saturated carbocycles. The molecule has 4 bridgehead atoms. The van der Waals surface area contributed by atoms with Crippen molar-refractivity contribution in [2.45, 2.75) is 75.8 Å². The second-order valence-electron chi connectivity index (χ2n) is 9.28. The average Bonchev–Trinajstić information content (AvgIpc) is 2.58. The SMILES string of the molecule is O=C(NC1CCN(C(=O)CCCO)CC1)NC12CC3CC(CC(C3)C1)C2. The fourth-order valence-corrected chi connectivity index (χ4v) is 6.39. The van der Waals surface area contributed by atoms with Gasteiger partial charge in [0.25, 0.3) is 0 Å². The van der Waals surface area contributed by atoms with Crippen molar-refractivity contribution in [3.05, 3.63) is 0 Å². The van der Waals surface area contributed by atoms with Crippen LogP contribution in [0.15, 0.2) is 0 Å². The van der Waals surface area contributed by atoms with Crippen LogP contribution in [-0.4, -0.2) is 53.2 Å². The number of carbonyl (C=O) groups excluding carboxylic acids is 2. The number of urea groups is 1. The third-order valence-corrected chi connectivity index (χ3v) is 7.15. The Bertz CT molecular complexity index is 507. The zero-order chi connectivity index (χ0) is 18.1. The van der Waals surface area contributed by atoms with Crippen molar-refractivity contribution in [2.75, 3.05) is 19.7 Å². The lowest BCUT2D eigenvalue weighted by Gasteiger charge is -2.56. The number of nitrogens with zero attached hydrogens (tertiary/aromatic N) is 1. The summed E-state index contributed by atoms with van der Waals surface area (Å²) >= 11 is 0. The second-order valence-corrected chi connectivity index (χ2v) is 9.28. The van der Waals surface area contributed by atoms with Crippen LogP contribution >= 0.6 is 0 Å². The highest BCUT2D eigenvalue weighted by Crippen LogP contribution is 2.55. The van der Waals surface area contributed by atoms with Crippen molar-refractivity contribution < 1.29 is 14.7 Å². The molecule has 1 saturated heterocycles. The van der Waals surface area contributed by atoms with Gasteiger partial charge in [-0.2, -0.15) is 0 Å². The van der Waals surface area contributed by atoms with Crippen molar-refractivity contribution in [2.24, 2.45) is 17.8 Å². The van der Waals surface area contributed by atoms with Crippen LogP contribution < -0.4 is 10.6 Å². The maximum absolute atomic E-state index is 12.6. The van der Waals surface area contributed by atoms with Gasteiger partial charge in [0, 0.05) is 37.7 Å². The quantitative estimate of drug-likeness (QED) is 0.699. The lowest BCUT2D eigenvalue weighted by atomic mass is 9.53. The van der Waals surface area contributed by atoms with Crippen LogP contribution in [0.1, 0.15) is 64.2 Å². The smallest absolute Gasteiger partial charge is 0.315 e. The molecule has 4 aliphatic carbocycles. The van der Waals surface area contributed by atoms with E-state index in [1.54, 1.807) is 0 Å². The summed E-state index contributed by atoms with van der Waals surface area (Å²) < 4.78 is 0. The highest BCUT2D eigenvalue weighted by atomic mass is 16.3. The zero-order valence-electron chi connectivity index (χ0n) is 15.7. The van der Waals surface area contributed by atoms with Crippen molar-refractivity contribution in [3.63, 3.8) is 0 Å². The Morgan fingerprint density at radius 3 is 2.12 bits per heavy atom. The molecule has 0 unspecified atom stereocenters. The molecule has 0 spiro atoms. The predicted molar refractivity (Wildman–Crippen MR) is 98.5 cm³/mol. The molecule has 0 atom stereocenters. The first-order valence-corrected chi connectivity index (χ1v) is 10.5. The summed E-state index contributed by atoms with van der Waals surface area (Å²) in [5, 5.41) is 15.4. The molecule has 1 heterocycles. The molecule has 5 rings (SSSR count). The summed E-state index contributed by atoms with van der Waals surface area (Å²) in [6.45, 7) is 1.47. The van der Waals surface area contributed by atoms with Crippen LogP contribution in [0.2, 0.25) is 0 Å². The highest BCUT2D eigenvalue weighted by molar-refractivity contribution is 5.77. The van der Waals surface area contributed by atoms with Crippen LogP contribution in [0.25, 0.3) is 0 Å². The van der Waals surface area contributed by atoms with E-state index in [4.69, 9.17) is 5.11 Å². The lowest BCUT2D eigenvalue weighted by molar-refractivity contribution is -0.132. The number of hydrogen-bond donors (Lipinski definition) is 3. The molecular formula is C20H33N3O3. The first kappa shape index (κ1) is 18.1. The molecule has 3 N–H and O–H groups in total. The van der Waals surface area contributed by atoms with Gasteiger partial charge >= 0.3 is 6.03 Å². The van der Waals surface area contributed by atoms with E-state index in [1.165, 1.54) is 38.5 Å². The summed E-state index contributed by atoms with van der Waals surface area (Å²) in [5.41, 5.74) is 0.0554. The number of hydrogen-bond acceptors (Lipinski definition) is 3. The maximum atomic E-state index is 12.6. The fraction of sp³-hybridized carbons (Fsp3) is 0.900. The standard InChI is InChI=1S/C20H33N3O3/c24-7-1-2-18(25)23-5-3-17(4-6-23)21-19(26)22-20-11-14-8-15(12-20)10-16(9-14)13-20/h14-17,24H,1-13H2,(H2,21,22,26). The Labute approximate surface area is 156 Å². The topological polar surface area (TPSA) is 81.7 Å². The Hall–Kier alpha value is -1.30. The van der Waals surface area contributed by atoms with Crippen molar-refractivity contribution in [3.8, 4) is 0 Å². The molecule has 0 aromatic rings. The molecule has 5 fully saturated rings. The molecule has 5 aliphatic rings. The Morgan fingerprint density at radius 2 is 1.58 bits per heavy atom. The third-order valence-electron chi connectivity index (χ3n) is 7.15. The van der Waals surface area contributed by atoms with Crippen LogP contribution in [0.3, 0.4) is 0 Å². The van der Waals surface area contributed by atoms with Gasteiger partial charge in [0.05, 0.1) is 0 Å². The van der Waals surface area contributed by atoms with Crippen molar-refractivity contribution >= 4 is 11.9 Å². The van der Waals surface area contributed by atoms with Crippen LogP contribution in [0.5, 0.6) is 0 Å². The first-order valence-electron chi connectivity index (χ1n) is 10.5. The molecule has 146 valence electrons.